The zero-order chi connectivity index (χ0) is 8.97. The average molecular weight is 220 g/mol. The lowest BCUT2D eigenvalue weighted by molar-refractivity contribution is -0.117. The molecule has 2 N–H and O–H groups in total. The molecule has 0 aliphatic heterocycles. The van der Waals surface area contributed by atoms with Gasteiger partial charge in [0.25, 0.3) is 0 Å². The third-order valence-corrected chi connectivity index (χ3v) is 1.94. The van der Waals surface area contributed by atoms with Gasteiger partial charge in [-0.25, -0.2) is 0 Å². The van der Waals surface area contributed by atoms with E-state index in [9.17, 15) is 4.79 Å². The Balaban J connectivity index is 0.00000144. The number of rotatable bonds is 3. The van der Waals surface area contributed by atoms with Crippen molar-refractivity contribution in [2.24, 2.45) is 5.73 Å². The van der Waals surface area contributed by atoms with Crippen LogP contribution < -0.4 is 5.73 Å². The number of benzene rings is 1. The molecule has 1 rings (SSSR count). The highest BCUT2D eigenvalue weighted by Gasteiger charge is 2.10. The average Bonchev–Trinajstić information content (AvgIpc) is 2.06. The van der Waals surface area contributed by atoms with E-state index in [0.717, 1.165) is 5.56 Å². The van der Waals surface area contributed by atoms with E-state index < -0.39 is 11.3 Å². The normalized spacial score (nSPS) is 11.5. The molecule has 4 heteroatoms. The van der Waals surface area contributed by atoms with Gasteiger partial charge in [0, 0.05) is 0 Å². The van der Waals surface area contributed by atoms with Crippen molar-refractivity contribution in [3.05, 3.63) is 35.9 Å². The van der Waals surface area contributed by atoms with Crippen LogP contribution in [0.3, 0.4) is 0 Å². The van der Waals surface area contributed by atoms with Crippen LogP contribution in [0.15, 0.2) is 30.3 Å². The number of nitrogens with two attached hydrogens (primary N) is 1. The minimum Gasteiger partial charge on any atom is -0.368 e. The van der Waals surface area contributed by atoms with Crippen LogP contribution in [0.1, 0.15) is 5.56 Å². The molecule has 0 saturated carbocycles. The standard InChI is InChI=1S/C9H10ClNO.ClH/c10-8(9(11)12)6-7-4-2-1-3-5-7;/h1-5,8H,6H2,(H2,11,12);1H. The summed E-state index contributed by atoms with van der Waals surface area (Å²) >= 11 is 5.68. The van der Waals surface area contributed by atoms with Gasteiger partial charge in [-0.2, -0.15) is 0 Å². The van der Waals surface area contributed by atoms with Crippen molar-refractivity contribution >= 4 is 29.9 Å². The molecule has 0 radical (unpaired) electrons. The Kier molecular flexibility index (Phi) is 5.51. The Morgan fingerprint density at radius 2 is 1.92 bits per heavy atom. The van der Waals surface area contributed by atoms with Crippen molar-refractivity contribution in [2.75, 3.05) is 0 Å². The van der Waals surface area contributed by atoms with Gasteiger partial charge in [-0.05, 0) is 12.0 Å². The third-order valence-electron chi connectivity index (χ3n) is 1.57. The number of carbonyl (C=O) groups is 1. The molecule has 72 valence electrons. The molecule has 2 nitrogen and oxygen atoms in total. The number of halogens is 2. The first kappa shape index (κ1) is 12.3. The molecule has 0 heterocycles. The fraction of sp³-hybridized carbons (Fsp3) is 0.222. The van der Waals surface area contributed by atoms with Crippen LogP contribution in [0, 0.1) is 0 Å². The molecule has 1 atom stereocenters. The molecular weight excluding hydrogens is 209 g/mol. The molecule has 0 fully saturated rings. The molecular formula is C9H11Cl2NO. The van der Waals surface area contributed by atoms with Crippen molar-refractivity contribution in [1.82, 2.24) is 0 Å². The predicted octanol–water partition coefficient (Wildman–Crippen LogP) is 1.74. The molecule has 0 bridgehead atoms. The molecule has 0 aromatic heterocycles. The Bertz CT molecular complexity index is 264. The van der Waals surface area contributed by atoms with Gasteiger partial charge >= 0.3 is 0 Å². The van der Waals surface area contributed by atoms with E-state index in [-0.39, 0.29) is 12.4 Å². The fourth-order valence-electron chi connectivity index (χ4n) is 0.922. The Morgan fingerprint density at radius 1 is 1.38 bits per heavy atom. The second-order valence-electron chi connectivity index (χ2n) is 2.56. The molecule has 1 aromatic carbocycles. The summed E-state index contributed by atoms with van der Waals surface area (Å²) in [5.74, 6) is -0.472. The quantitative estimate of drug-likeness (QED) is 0.774. The zero-order valence-electron chi connectivity index (χ0n) is 6.94. The SMILES string of the molecule is Cl.NC(=O)C(Cl)Cc1ccccc1. The first-order chi connectivity index (χ1) is 5.70. The van der Waals surface area contributed by atoms with E-state index >= 15 is 0 Å². The topological polar surface area (TPSA) is 43.1 Å². The number of primary amides is 1. The minimum absolute atomic E-state index is 0. The van der Waals surface area contributed by atoms with Crippen molar-refractivity contribution in [2.45, 2.75) is 11.8 Å². The number of carbonyl (C=O) groups excluding carboxylic acids is 1. The van der Waals surface area contributed by atoms with E-state index in [0.29, 0.717) is 6.42 Å². The number of alkyl halides is 1. The maximum Gasteiger partial charge on any atom is 0.235 e. The van der Waals surface area contributed by atoms with Crippen LogP contribution in [0.5, 0.6) is 0 Å². The molecule has 13 heavy (non-hydrogen) atoms. The zero-order valence-corrected chi connectivity index (χ0v) is 8.52. The van der Waals surface area contributed by atoms with Crippen molar-refractivity contribution in [3.8, 4) is 0 Å². The maximum absolute atomic E-state index is 10.6. The van der Waals surface area contributed by atoms with Gasteiger partial charge in [-0.15, -0.1) is 24.0 Å². The Labute approximate surface area is 88.5 Å². The monoisotopic (exact) mass is 219 g/mol. The van der Waals surface area contributed by atoms with E-state index in [1.54, 1.807) is 0 Å². The van der Waals surface area contributed by atoms with Crippen LogP contribution in [-0.2, 0) is 11.2 Å². The summed E-state index contributed by atoms with van der Waals surface area (Å²) in [5, 5.41) is -0.604. The number of hydrogen-bond acceptors (Lipinski definition) is 1. The summed E-state index contributed by atoms with van der Waals surface area (Å²) in [7, 11) is 0. The van der Waals surface area contributed by atoms with Gasteiger partial charge in [-0.3, -0.25) is 4.79 Å². The first-order valence-corrected chi connectivity index (χ1v) is 4.11. The Morgan fingerprint density at radius 3 is 2.38 bits per heavy atom. The summed E-state index contributed by atoms with van der Waals surface area (Å²) < 4.78 is 0. The van der Waals surface area contributed by atoms with E-state index in [2.05, 4.69) is 0 Å². The van der Waals surface area contributed by atoms with E-state index in [1.165, 1.54) is 0 Å². The second kappa shape index (κ2) is 5.84. The van der Waals surface area contributed by atoms with Gasteiger partial charge in [0.15, 0.2) is 0 Å². The molecule has 1 aromatic rings. The Hall–Kier alpha value is -0.730. The predicted molar refractivity (Wildman–Crippen MR) is 56.2 cm³/mol. The van der Waals surface area contributed by atoms with Crippen LogP contribution in [0.25, 0.3) is 0 Å². The second-order valence-corrected chi connectivity index (χ2v) is 3.09. The fourth-order valence-corrected chi connectivity index (χ4v) is 1.10. The lowest BCUT2D eigenvalue weighted by Gasteiger charge is -2.03. The highest BCUT2D eigenvalue weighted by atomic mass is 35.5. The number of amides is 1. The summed E-state index contributed by atoms with van der Waals surface area (Å²) in [5.41, 5.74) is 6.04. The number of hydrogen-bond donors (Lipinski definition) is 1. The van der Waals surface area contributed by atoms with E-state index in [1.807, 2.05) is 30.3 Å². The highest BCUT2D eigenvalue weighted by Crippen LogP contribution is 2.06. The van der Waals surface area contributed by atoms with Gasteiger partial charge in [0.2, 0.25) is 5.91 Å². The summed E-state index contributed by atoms with van der Waals surface area (Å²) in [6, 6.07) is 9.55. The summed E-state index contributed by atoms with van der Waals surface area (Å²) in [6.45, 7) is 0. The van der Waals surface area contributed by atoms with Gasteiger partial charge < -0.3 is 5.73 Å². The van der Waals surface area contributed by atoms with Gasteiger partial charge in [0.1, 0.15) is 5.38 Å². The van der Waals surface area contributed by atoms with Crippen molar-refractivity contribution in [1.29, 1.82) is 0 Å². The molecule has 0 saturated heterocycles. The molecule has 0 aliphatic rings. The minimum atomic E-state index is -0.604. The van der Waals surface area contributed by atoms with Crippen LogP contribution in [0.2, 0.25) is 0 Å². The van der Waals surface area contributed by atoms with Crippen LogP contribution >= 0.6 is 24.0 Å². The first-order valence-electron chi connectivity index (χ1n) is 3.67. The van der Waals surface area contributed by atoms with Gasteiger partial charge in [0.05, 0.1) is 0 Å². The maximum atomic E-state index is 10.6. The van der Waals surface area contributed by atoms with Crippen molar-refractivity contribution in [3.63, 3.8) is 0 Å². The highest BCUT2D eigenvalue weighted by molar-refractivity contribution is 6.30. The largest absolute Gasteiger partial charge is 0.368 e. The lowest BCUT2D eigenvalue weighted by Crippen LogP contribution is -2.25. The van der Waals surface area contributed by atoms with Crippen LogP contribution in [0.4, 0.5) is 0 Å². The van der Waals surface area contributed by atoms with E-state index in [4.69, 9.17) is 17.3 Å². The summed E-state index contributed by atoms with van der Waals surface area (Å²) in [4.78, 5) is 10.6. The molecule has 1 unspecified atom stereocenters. The third kappa shape index (κ3) is 4.15. The molecule has 0 spiro atoms. The molecule has 1 amide bonds. The lowest BCUT2D eigenvalue weighted by atomic mass is 10.1. The van der Waals surface area contributed by atoms with Gasteiger partial charge in [-0.1, -0.05) is 30.3 Å². The summed E-state index contributed by atoms with van der Waals surface area (Å²) in [6.07, 6.45) is 0.498. The van der Waals surface area contributed by atoms with Crippen LogP contribution in [-0.4, -0.2) is 11.3 Å². The molecule has 0 aliphatic carbocycles. The smallest absolute Gasteiger partial charge is 0.235 e. The van der Waals surface area contributed by atoms with Crippen molar-refractivity contribution < 1.29 is 4.79 Å².